The highest BCUT2D eigenvalue weighted by Gasteiger charge is 2.19. The molecule has 0 unspecified atom stereocenters. The standard InChI is InChI=1S/C67H54N2O6/c1-70-59-37-29-55(30-38-59)68(53-20-5-3-6-21-53)57-33-41-64(75-65-26-14-18-50-16-10-12-25-63(50)65)52(43-57)47-72-61-35-27-48(28-36-61)45-73-67-44-58(69(54-22-7-4-8-23-54)56-31-39-60(71-2)40-32-56)34-42-66(67)74-46-51-19-13-17-49-15-9-11-24-62(49)51/h3-44H,45-47H2,1-2H3. The number of hydrogen-bond acceptors (Lipinski definition) is 8. The van der Waals surface area contributed by atoms with Crippen molar-refractivity contribution in [2.24, 2.45) is 0 Å². The molecule has 0 radical (unpaired) electrons. The molecular weight excluding hydrogens is 929 g/mol. The van der Waals surface area contributed by atoms with Gasteiger partial charge in [0, 0.05) is 45.5 Å². The summed E-state index contributed by atoms with van der Waals surface area (Å²) in [5.74, 6) is 4.98. The molecule has 11 rings (SSSR count). The van der Waals surface area contributed by atoms with Crippen LogP contribution in [0.2, 0.25) is 0 Å². The molecule has 75 heavy (non-hydrogen) atoms. The maximum atomic E-state index is 6.78. The minimum absolute atomic E-state index is 0.241. The molecule has 11 aromatic carbocycles. The molecule has 0 aliphatic heterocycles. The molecule has 368 valence electrons. The van der Waals surface area contributed by atoms with Crippen molar-refractivity contribution in [3.05, 3.63) is 271 Å². The summed E-state index contributed by atoms with van der Waals surface area (Å²) >= 11 is 0. The summed E-state index contributed by atoms with van der Waals surface area (Å²) in [6.07, 6.45) is 0. The average Bonchev–Trinajstić information content (AvgIpc) is 3.48. The predicted octanol–water partition coefficient (Wildman–Crippen LogP) is 17.5. The fourth-order valence-corrected chi connectivity index (χ4v) is 9.28. The van der Waals surface area contributed by atoms with Crippen molar-refractivity contribution in [1.29, 1.82) is 0 Å². The molecule has 0 saturated carbocycles. The summed E-state index contributed by atoms with van der Waals surface area (Å²) in [5.41, 5.74) is 8.74. The summed E-state index contributed by atoms with van der Waals surface area (Å²) in [5, 5.41) is 4.45. The maximum Gasteiger partial charge on any atom is 0.163 e. The first-order chi connectivity index (χ1) is 37.1. The lowest BCUT2D eigenvalue weighted by molar-refractivity contribution is 0.256. The fraction of sp³-hybridized carbons (Fsp3) is 0.0746. The molecule has 8 heteroatoms. The van der Waals surface area contributed by atoms with Crippen molar-refractivity contribution in [1.82, 2.24) is 0 Å². The van der Waals surface area contributed by atoms with Crippen LogP contribution >= 0.6 is 0 Å². The summed E-state index contributed by atoms with van der Waals surface area (Å²) in [6.45, 7) is 0.895. The number of fused-ring (bicyclic) bond motifs is 2. The molecule has 0 aliphatic rings. The lowest BCUT2D eigenvalue weighted by atomic mass is 10.1. The Kier molecular flexibility index (Phi) is 14.2. The number of para-hydroxylation sites is 2. The third-order valence-electron chi connectivity index (χ3n) is 13.1. The topological polar surface area (TPSA) is 61.9 Å². The second-order valence-electron chi connectivity index (χ2n) is 17.9. The molecule has 0 aromatic heterocycles. The van der Waals surface area contributed by atoms with Crippen molar-refractivity contribution in [3.63, 3.8) is 0 Å². The molecule has 0 heterocycles. The smallest absolute Gasteiger partial charge is 0.163 e. The molecule has 0 atom stereocenters. The molecule has 8 nitrogen and oxygen atoms in total. The van der Waals surface area contributed by atoms with E-state index in [0.717, 1.165) is 84.2 Å². The Morgan fingerprint density at radius 1 is 0.293 bits per heavy atom. The SMILES string of the molecule is COc1ccc(N(c2ccccc2)c2ccc(Oc3cccc4ccccc34)c(COc3ccc(COc4cc(N(c5ccccc5)c5ccc(OC)cc5)ccc4OCc4cccc5ccccc45)cc3)c2)cc1. The van der Waals surface area contributed by atoms with Crippen molar-refractivity contribution in [2.75, 3.05) is 24.0 Å². The zero-order valence-corrected chi connectivity index (χ0v) is 41.7. The van der Waals surface area contributed by atoms with Crippen LogP contribution in [0.3, 0.4) is 0 Å². The second-order valence-corrected chi connectivity index (χ2v) is 17.9. The first kappa shape index (κ1) is 47.7. The highest BCUT2D eigenvalue weighted by Crippen LogP contribution is 2.42. The van der Waals surface area contributed by atoms with Crippen molar-refractivity contribution in [2.45, 2.75) is 19.8 Å². The van der Waals surface area contributed by atoms with Gasteiger partial charge in [-0.25, -0.2) is 0 Å². The Balaban J connectivity index is 0.876. The van der Waals surface area contributed by atoms with E-state index in [4.69, 9.17) is 28.4 Å². The Bertz CT molecular complexity index is 3650. The quantitative estimate of drug-likeness (QED) is 0.0794. The zero-order chi connectivity index (χ0) is 50.8. The highest BCUT2D eigenvalue weighted by molar-refractivity contribution is 5.89. The maximum absolute atomic E-state index is 6.78. The van der Waals surface area contributed by atoms with Gasteiger partial charge in [0.2, 0.25) is 0 Å². The second kappa shape index (κ2) is 22.4. The number of nitrogens with zero attached hydrogens (tertiary/aromatic N) is 2. The molecule has 0 spiro atoms. The van der Waals surface area contributed by atoms with Gasteiger partial charge in [-0.1, -0.05) is 127 Å². The van der Waals surface area contributed by atoms with Crippen LogP contribution < -0.4 is 38.2 Å². The van der Waals surface area contributed by atoms with E-state index in [1.807, 2.05) is 127 Å². The first-order valence-electron chi connectivity index (χ1n) is 24.9. The minimum atomic E-state index is 0.241. The van der Waals surface area contributed by atoms with Crippen LogP contribution in [0.5, 0.6) is 40.2 Å². The monoisotopic (exact) mass is 982 g/mol. The van der Waals surface area contributed by atoms with Crippen LogP contribution in [0.15, 0.2) is 255 Å². The fourth-order valence-electron chi connectivity index (χ4n) is 9.28. The number of rotatable bonds is 19. The van der Waals surface area contributed by atoms with E-state index in [1.54, 1.807) is 14.2 Å². The van der Waals surface area contributed by atoms with Crippen LogP contribution in [0.25, 0.3) is 21.5 Å². The van der Waals surface area contributed by atoms with Gasteiger partial charge in [0.05, 0.1) is 19.9 Å². The summed E-state index contributed by atoms with van der Waals surface area (Å²) < 4.78 is 37.8. The average molecular weight is 983 g/mol. The molecular formula is C67H54N2O6. The van der Waals surface area contributed by atoms with Gasteiger partial charge in [-0.05, 0) is 149 Å². The van der Waals surface area contributed by atoms with Crippen molar-refractivity contribution >= 4 is 55.7 Å². The normalized spacial score (nSPS) is 11.0. The number of benzene rings is 11. The van der Waals surface area contributed by atoms with Gasteiger partial charge in [0.1, 0.15) is 48.6 Å². The van der Waals surface area contributed by atoms with Crippen molar-refractivity contribution < 1.29 is 28.4 Å². The van der Waals surface area contributed by atoms with E-state index in [0.29, 0.717) is 29.6 Å². The molecule has 0 saturated heterocycles. The van der Waals surface area contributed by atoms with Crippen LogP contribution in [-0.2, 0) is 19.8 Å². The van der Waals surface area contributed by atoms with Crippen LogP contribution in [0, 0.1) is 0 Å². The van der Waals surface area contributed by atoms with Gasteiger partial charge >= 0.3 is 0 Å². The lowest BCUT2D eigenvalue weighted by Crippen LogP contribution is -2.11. The molecule has 0 bridgehead atoms. The van der Waals surface area contributed by atoms with Gasteiger partial charge in [0.25, 0.3) is 0 Å². The summed E-state index contributed by atoms with van der Waals surface area (Å²) in [7, 11) is 3.35. The van der Waals surface area contributed by atoms with Gasteiger partial charge in [-0.15, -0.1) is 0 Å². The third-order valence-corrected chi connectivity index (χ3v) is 13.1. The van der Waals surface area contributed by atoms with Crippen LogP contribution in [0.1, 0.15) is 16.7 Å². The number of anilines is 6. The van der Waals surface area contributed by atoms with E-state index in [9.17, 15) is 0 Å². The minimum Gasteiger partial charge on any atom is -0.497 e. The summed E-state index contributed by atoms with van der Waals surface area (Å²) in [6, 6.07) is 86.2. The molecule has 11 aromatic rings. The third kappa shape index (κ3) is 10.9. The number of hydrogen-bond donors (Lipinski definition) is 0. The van der Waals surface area contributed by atoms with Crippen molar-refractivity contribution in [3.8, 4) is 40.2 Å². The molecule has 0 amide bonds. The highest BCUT2D eigenvalue weighted by atomic mass is 16.5. The summed E-state index contributed by atoms with van der Waals surface area (Å²) in [4.78, 5) is 4.41. The Morgan fingerprint density at radius 2 is 0.760 bits per heavy atom. The zero-order valence-electron chi connectivity index (χ0n) is 41.7. The molecule has 0 N–H and O–H groups in total. The Hall–Kier alpha value is -9.66. The number of ether oxygens (including phenoxy) is 6. The Labute approximate surface area is 437 Å². The Morgan fingerprint density at radius 3 is 1.39 bits per heavy atom. The lowest BCUT2D eigenvalue weighted by Gasteiger charge is -2.27. The van der Waals surface area contributed by atoms with E-state index in [-0.39, 0.29) is 13.2 Å². The van der Waals surface area contributed by atoms with Gasteiger partial charge in [0.15, 0.2) is 11.5 Å². The van der Waals surface area contributed by atoms with Gasteiger partial charge in [-0.3, -0.25) is 0 Å². The van der Waals surface area contributed by atoms with Crippen LogP contribution in [-0.4, -0.2) is 14.2 Å². The molecule has 0 aliphatic carbocycles. The van der Waals surface area contributed by atoms with Crippen LogP contribution in [0.4, 0.5) is 34.1 Å². The van der Waals surface area contributed by atoms with E-state index >= 15 is 0 Å². The number of methoxy groups -OCH3 is 2. The van der Waals surface area contributed by atoms with E-state index in [1.165, 1.54) is 5.39 Å². The van der Waals surface area contributed by atoms with E-state index in [2.05, 4.69) is 137 Å². The van der Waals surface area contributed by atoms with Gasteiger partial charge < -0.3 is 38.2 Å². The largest absolute Gasteiger partial charge is 0.497 e. The first-order valence-corrected chi connectivity index (χ1v) is 24.9. The predicted molar refractivity (Wildman–Crippen MR) is 303 cm³/mol. The van der Waals surface area contributed by atoms with E-state index < -0.39 is 0 Å². The molecule has 0 fully saturated rings. The van der Waals surface area contributed by atoms with Gasteiger partial charge in [-0.2, -0.15) is 0 Å².